The monoisotopic (exact) mass is 703 g/mol. The molecule has 7 rings (SSSR count). The molecule has 0 aliphatic carbocycles. The molecule has 0 atom stereocenters. The number of anilines is 3. The topological polar surface area (TPSA) is 32.0 Å². The maximum absolute atomic E-state index is 14.2. The molecule has 0 saturated carbocycles. The number of hydrogen-bond donors (Lipinski definition) is 0. The minimum absolute atomic E-state index is 0.0320. The predicted molar refractivity (Wildman–Crippen MR) is 195 cm³/mol. The number of rotatable bonds is 5. The molecule has 0 amide bonds. The van der Waals surface area contributed by atoms with E-state index in [-0.39, 0.29) is 28.4 Å². The standard InChI is InChI=1S/C43H31F6N3/c1-25-9-13-32(14-10-25)51(37-16-11-26(2)19-28(37)4)40-18-15-33(29-21-30(42(44,45)46)23-31(22-29)43(47,48)49)41(36(40)24-50)52-38-8-6-5-7-34(38)35-20-27(3)12-17-39(35)52/h5-23H,1-4H3. The van der Waals surface area contributed by atoms with Gasteiger partial charge in [0.25, 0.3) is 0 Å². The lowest BCUT2D eigenvalue weighted by Gasteiger charge is -2.30. The molecule has 0 aliphatic heterocycles. The van der Waals surface area contributed by atoms with Crippen molar-refractivity contribution >= 4 is 38.9 Å². The van der Waals surface area contributed by atoms with Crippen LogP contribution in [0.1, 0.15) is 38.9 Å². The normalized spacial score (nSPS) is 12.0. The van der Waals surface area contributed by atoms with E-state index in [1.54, 1.807) is 16.7 Å². The first-order valence-electron chi connectivity index (χ1n) is 16.5. The van der Waals surface area contributed by atoms with Crippen molar-refractivity contribution in [2.24, 2.45) is 0 Å². The molecule has 0 aliphatic rings. The van der Waals surface area contributed by atoms with Gasteiger partial charge in [-0.1, -0.05) is 71.3 Å². The fourth-order valence-corrected chi connectivity index (χ4v) is 6.94. The average Bonchev–Trinajstić information content (AvgIpc) is 3.41. The maximum atomic E-state index is 14.2. The summed E-state index contributed by atoms with van der Waals surface area (Å²) < 4.78 is 87.2. The number of halogens is 6. The Morgan fingerprint density at radius 2 is 1.15 bits per heavy atom. The molecule has 52 heavy (non-hydrogen) atoms. The second kappa shape index (κ2) is 12.6. The number of para-hydroxylation sites is 1. The summed E-state index contributed by atoms with van der Waals surface area (Å²) in [6.07, 6.45) is -10.1. The SMILES string of the molecule is Cc1ccc(N(c2ccc(C)cc2C)c2ccc(-c3cc(C(F)(F)F)cc(C(F)(F)F)c3)c(-n3c4ccccc4c4cc(C)ccc43)c2C#N)cc1. The van der Waals surface area contributed by atoms with Crippen LogP contribution in [0.2, 0.25) is 0 Å². The zero-order chi connectivity index (χ0) is 37.1. The van der Waals surface area contributed by atoms with E-state index in [0.29, 0.717) is 22.4 Å². The number of alkyl halides is 6. The zero-order valence-corrected chi connectivity index (χ0v) is 28.6. The molecule has 0 bridgehead atoms. The van der Waals surface area contributed by atoms with Gasteiger partial charge in [0.15, 0.2) is 0 Å². The Labute approximate surface area is 296 Å². The second-order valence-corrected chi connectivity index (χ2v) is 13.1. The van der Waals surface area contributed by atoms with Crippen LogP contribution in [0.5, 0.6) is 0 Å². The first kappa shape index (κ1) is 34.4. The van der Waals surface area contributed by atoms with Gasteiger partial charge < -0.3 is 9.47 Å². The summed E-state index contributed by atoms with van der Waals surface area (Å²) in [7, 11) is 0. The number of aromatic nitrogens is 1. The van der Waals surface area contributed by atoms with E-state index in [0.717, 1.165) is 50.8 Å². The molecular formula is C43H31F6N3. The fourth-order valence-electron chi connectivity index (χ4n) is 6.94. The molecule has 3 nitrogen and oxygen atoms in total. The molecular weight excluding hydrogens is 672 g/mol. The molecule has 1 aromatic heterocycles. The van der Waals surface area contributed by atoms with Crippen LogP contribution in [-0.2, 0) is 12.4 Å². The average molecular weight is 704 g/mol. The van der Waals surface area contributed by atoms with Crippen molar-refractivity contribution in [2.75, 3.05) is 4.90 Å². The van der Waals surface area contributed by atoms with E-state index < -0.39 is 23.5 Å². The smallest absolute Gasteiger partial charge is 0.309 e. The van der Waals surface area contributed by atoms with E-state index >= 15 is 0 Å². The maximum Gasteiger partial charge on any atom is 0.416 e. The van der Waals surface area contributed by atoms with Gasteiger partial charge in [0.1, 0.15) is 11.6 Å². The molecule has 9 heteroatoms. The van der Waals surface area contributed by atoms with Crippen LogP contribution < -0.4 is 4.90 Å². The van der Waals surface area contributed by atoms with Crippen molar-refractivity contribution in [3.05, 3.63) is 154 Å². The molecule has 7 aromatic rings. The van der Waals surface area contributed by atoms with Gasteiger partial charge in [-0.05, 0) is 99.5 Å². The Hall–Kier alpha value is -6.01. The highest BCUT2D eigenvalue weighted by molar-refractivity contribution is 6.10. The van der Waals surface area contributed by atoms with Gasteiger partial charge in [-0.3, -0.25) is 0 Å². The fraction of sp³-hybridized carbons (Fsp3) is 0.140. The molecule has 260 valence electrons. The largest absolute Gasteiger partial charge is 0.416 e. The van der Waals surface area contributed by atoms with Crippen LogP contribution in [0.25, 0.3) is 38.6 Å². The molecule has 1 heterocycles. The predicted octanol–water partition coefficient (Wildman–Crippen LogP) is 13.1. The number of aryl methyl sites for hydroxylation is 4. The van der Waals surface area contributed by atoms with Gasteiger partial charge in [-0.25, -0.2) is 0 Å². The summed E-state index contributed by atoms with van der Waals surface area (Å²) in [6, 6.07) is 33.7. The molecule has 0 saturated heterocycles. The lowest BCUT2D eigenvalue weighted by molar-refractivity contribution is -0.143. The van der Waals surface area contributed by atoms with Crippen molar-refractivity contribution in [3.63, 3.8) is 0 Å². The molecule has 0 spiro atoms. The quantitative estimate of drug-likeness (QED) is 0.167. The summed E-state index contributed by atoms with van der Waals surface area (Å²) in [5.74, 6) is 0. The van der Waals surface area contributed by atoms with Crippen LogP contribution in [0.3, 0.4) is 0 Å². The van der Waals surface area contributed by atoms with E-state index in [1.165, 1.54) is 6.07 Å². The summed E-state index contributed by atoms with van der Waals surface area (Å²) in [5, 5.41) is 12.8. The van der Waals surface area contributed by atoms with Crippen LogP contribution in [0.4, 0.5) is 43.4 Å². The first-order valence-corrected chi connectivity index (χ1v) is 16.5. The van der Waals surface area contributed by atoms with Gasteiger partial charge in [0, 0.05) is 27.7 Å². The van der Waals surface area contributed by atoms with Gasteiger partial charge in [0.2, 0.25) is 0 Å². The highest BCUT2D eigenvalue weighted by Gasteiger charge is 2.38. The zero-order valence-electron chi connectivity index (χ0n) is 28.6. The van der Waals surface area contributed by atoms with Crippen molar-refractivity contribution in [3.8, 4) is 22.9 Å². The van der Waals surface area contributed by atoms with Gasteiger partial charge >= 0.3 is 12.4 Å². The Morgan fingerprint density at radius 1 is 0.577 bits per heavy atom. The van der Waals surface area contributed by atoms with Crippen LogP contribution in [0.15, 0.2) is 115 Å². The highest BCUT2D eigenvalue weighted by Crippen LogP contribution is 2.47. The van der Waals surface area contributed by atoms with E-state index in [9.17, 15) is 31.6 Å². The minimum Gasteiger partial charge on any atom is -0.309 e. The molecule has 0 fully saturated rings. The van der Waals surface area contributed by atoms with Gasteiger partial charge in [0.05, 0.1) is 33.5 Å². The third-order valence-electron chi connectivity index (χ3n) is 9.34. The molecule has 0 N–H and O–H groups in total. The Bertz CT molecular complexity index is 2520. The molecule has 0 unspecified atom stereocenters. The van der Waals surface area contributed by atoms with Crippen molar-refractivity contribution < 1.29 is 26.3 Å². The van der Waals surface area contributed by atoms with Crippen molar-refractivity contribution in [1.82, 2.24) is 4.57 Å². The Kier molecular flexibility index (Phi) is 8.37. The van der Waals surface area contributed by atoms with Crippen LogP contribution >= 0.6 is 0 Å². The lowest BCUT2D eigenvalue weighted by Crippen LogP contribution is -2.15. The summed E-state index contributed by atoms with van der Waals surface area (Å²) >= 11 is 0. The number of hydrogen-bond acceptors (Lipinski definition) is 2. The third kappa shape index (κ3) is 6.04. The third-order valence-corrected chi connectivity index (χ3v) is 9.34. The number of benzene rings is 6. The van der Waals surface area contributed by atoms with Crippen molar-refractivity contribution in [2.45, 2.75) is 40.0 Å². The summed E-state index contributed by atoms with van der Waals surface area (Å²) in [4.78, 5) is 1.91. The highest BCUT2D eigenvalue weighted by atomic mass is 19.4. The van der Waals surface area contributed by atoms with Gasteiger partial charge in [-0.15, -0.1) is 0 Å². The van der Waals surface area contributed by atoms with E-state index in [4.69, 9.17) is 0 Å². The van der Waals surface area contributed by atoms with Crippen LogP contribution in [-0.4, -0.2) is 4.57 Å². The molecule has 6 aromatic carbocycles. The Balaban J connectivity index is 1.66. The van der Waals surface area contributed by atoms with Crippen molar-refractivity contribution in [1.29, 1.82) is 5.26 Å². The van der Waals surface area contributed by atoms with E-state index in [2.05, 4.69) is 6.07 Å². The van der Waals surface area contributed by atoms with E-state index in [1.807, 2.05) is 111 Å². The first-order chi connectivity index (χ1) is 24.7. The number of nitrogens with zero attached hydrogens (tertiary/aromatic N) is 3. The molecule has 0 radical (unpaired) electrons. The van der Waals surface area contributed by atoms with Crippen LogP contribution in [0, 0.1) is 39.0 Å². The summed E-state index contributed by atoms with van der Waals surface area (Å²) in [6.45, 7) is 7.80. The summed E-state index contributed by atoms with van der Waals surface area (Å²) in [5.41, 5.74) is 4.05. The number of nitriles is 1. The van der Waals surface area contributed by atoms with Gasteiger partial charge in [-0.2, -0.15) is 31.6 Å². The minimum atomic E-state index is -5.07. The number of fused-ring (bicyclic) bond motifs is 3. The lowest BCUT2D eigenvalue weighted by atomic mass is 9.94. The second-order valence-electron chi connectivity index (χ2n) is 13.1. The Morgan fingerprint density at radius 3 is 1.79 bits per heavy atom.